The zero-order chi connectivity index (χ0) is 16.2. The molecule has 1 N–H and O–H groups in total. The molecule has 1 aromatic rings. The van der Waals surface area contributed by atoms with Crippen molar-refractivity contribution < 1.29 is 13.9 Å². The highest BCUT2D eigenvalue weighted by molar-refractivity contribution is 5.74. The third-order valence-electron chi connectivity index (χ3n) is 4.60. The van der Waals surface area contributed by atoms with Crippen LogP contribution in [-0.2, 0) is 11.3 Å². The fourth-order valence-electron chi connectivity index (χ4n) is 3.70. The molecule has 2 aliphatic rings. The third kappa shape index (κ3) is 4.26. The predicted octanol–water partition coefficient (Wildman–Crippen LogP) is 2.06. The Morgan fingerprint density at radius 1 is 1.35 bits per heavy atom. The quantitative estimate of drug-likeness (QED) is 0.922. The van der Waals surface area contributed by atoms with Crippen LogP contribution in [0.2, 0.25) is 0 Å². The Balaban J connectivity index is 1.51. The molecule has 0 saturated carbocycles. The van der Waals surface area contributed by atoms with Gasteiger partial charge < -0.3 is 19.4 Å². The standard InChI is InChI=1S/C17H27N3O3/c1-13-10-19(11-14(2)23-13)12-15-5-3-7-20(15)17(21)18-9-16-6-4-8-22-16/h4,6,8,13-15H,3,5,7,9-12H2,1-2H3,(H,18,21)/t13-,14+,15-/m0/s1. The maximum Gasteiger partial charge on any atom is 0.318 e. The van der Waals surface area contributed by atoms with Crippen LogP contribution < -0.4 is 5.32 Å². The Hall–Kier alpha value is -1.53. The van der Waals surface area contributed by atoms with E-state index in [4.69, 9.17) is 9.15 Å². The van der Waals surface area contributed by atoms with E-state index in [1.807, 2.05) is 17.0 Å². The fourth-order valence-corrected chi connectivity index (χ4v) is 3.70. The number of rotatable bonds is 4. The summed E-state index contributed by atoms with van der Waals surface area (Å²) in [5.41, 5.74) is 0. The van der Waals surface area contributed by atoms with Gasteiger partial charge in [0.05, 0.1) is 25.0 Å². The number of hydrogen-bond acceptors (Lipinski definition) is 4. The van der Waals surface area contributed by atoms with E-state index in [1.165, 1.54) is 0 Å². The average Bonchev–Trinajstić information content (AvgIpc) is 3.15. The van der Waals surface area contributed by atoms with Crippen molar-refractivity contribution in [3.8, 4) is 0 Å². The van der Waals surface area contributed by atoms with Crippen molar-refractivity contribution in [1.82, 2.24) is 15.1 Å². The van der Waals surface area contributed by atoms with Crippen LogP contribution in [0, 0.1) is 0 Å². The average molecular weight is 321 g/mol. The topological polar surface area (TPSA) is 58.0 Å². The molecule has 0 aliphatic carbocycles. The summed E-state index contributed by atoms with van der Waals surface area (Å²) in [5.74, 6) is 0.782. The second-order valence-electron chi connectivity index (χ2n) is 6.70. The molecule has 3 rings (SSSR count). The van der Waals surface area contributed by atoms with Gasteiger partial charge in [-0.2, -0.15) is 0 Å². The Morgan fingerprint density at radius 3 is 2.83 bits per heavy atom. The van der Waals surface area contributed by atoms with Gasteiger partial charge in [0.25, 0.3) is 0 Å². The second-order valence-corrected chi connectivity index (χ2v) is 6.70. The number of urea groups is 1. The van der Waals surface area contributed by atoms with Gasteiger partial charge in [-0.1, -0.05) is 0 Å². The van der Waals surface area contributed by atoms with Crippen LogP contribution in [0.25, 0.3) is 0 Å². The minimum absolute atomic E-state index is 0.0123. The van der Waals surface area contributed by atoms with Gasteiger partial charge in [-0.25, -0.2) is 4.79 Å². The van der Waals surface area contributed by atoms with Crippen molar-refractivity contribution in [2.45, 2.75) is 51.5 Å². The van der Waals surface area contributed by atoms with Gasteiger partial charge >= 0.3 is 6.03 Å². The molecular formula is C17H27N3O3. The molecular weight excluding hydrogens is 294 g/mol. The lowest BCUT2D eigenvalue weighted by atomic mass is 10.1. The fraction of sp³-hybridized carbons (Fsp3) is 0.706. The lowest BCUT2D eigenvalue weighted by Gasteiger charge is -2.38. The highest BCUT2D eigenvalue weighted by Crippen LogP contribution is 2.20. The van der Waals surface area contributed by atoms with Crippen molar-refractivity contribution >= 4 is 6.03 Å². The lowest BCUT2D eigenvalue weighted by Crippen LogP contribution is -2.52. The molecule has 1 aromatic heterocycles. The van der Waals surface area contributed by atoms with E-state index in [0.29, 0.717) is 12.6 Å². The van der Waals surface area contributed by atoms with Crippen molar-refractivity contribution in [2.75, 3.05) is 26.2 Å². The molecule has 2 aliphatic heterocycles. The van der Waals surface area contributed by atoms with Gasteiger partial charge in [0, 0.05) is 32.2 Å². The summed E-state index contributed by atoms with van der Waals surface area (Å²) in [5, 5.41) is 2.96. The van der Waals surface area contributed by atoms with Crippen LogP contribution in [0.5, 0.6) is 0 Å². The van der Waals surface area contributed by atoms with Crippen LogP contribution in [-0.4, -0.2) is 60.3 Å². The highest BCUT2D eigenvalue weighted by atomic mass is 16.5. The smallest absolute Gasteiger partial charge is 0.318 e. The molecule has 0 radical (unpaired) electrons. The number of carbonyl (C=O) groups excluding carboxylic acids is 1. The predicted molar refractivity (Wildman–Crippen MR) is 87.1 cm³/mol. The van der Waals surface area contributed by atoms with E-state index in [0.717, 1.165) is 44.8 Å². The van der Waals surface area contributed by atoms with Gasteiger partial charge in [0.2, 0.25) is 0 Å². The molecule has 23 heavy (non-hydrogen) atoms. The first kappa shape index (κ1) is 16.3. The summed E-state index contributed by atoms with van der Waals surface area (Å²) in [6.45, 7) is 8.35. The number of hydrogen-bond donors (Lipinski definition) is 1. The largest absolute Gasteiger partial charge is 0.467 e. The van der Waals surface area contributed by atoms with Gasteiger partial charge in [-0.15, -0.1) is 0 Å². The number of carbonyl (C=O) groups is 1. The molecule has 0 aromatic carbocycles. The molecule has 6 heteroatoms. The first-order valence-electron chi connectivity index (χ1n) is 8.56. The van der Waals surface area contributed by atoms with Gasteiger partial charge in [-0.3, -0.25) is 4.90 Å². The minimum atomic E-state index is 0.0123. The summed E-state index contributed by atoms with van der Waals surface area (Å²) < 4.78 is 11.1. The summed E-state index contributed by atoms with van der Waals surface area (Å²) in [6.07, 6.45) is 4.31. The second kappa shape index (κ2) is 7.36. The number of morpholine rings is 1. The number of furan rings is 1. The molecule has 128 valence electrons. The number of likely N-dealkylation sites (tertiary alicyclic amines) is 1. The SMILES string of the molecule is C[C@@H]1CN(C[C@@H]2CCCN2C(=O)NCc2ccco2)C[C@H](C)O1. The Kier molecular flexibility index (Phi) is 5.23. The maximum absolute atomic E-state index is 12.5. The number of nitrogens with zero attached hydrogens (tertiary/aromatic N) is 2. The first-order valence-corrected chi connectivity index (χ1v) is 8.56. The van der Waals surface area contributed by atoms with Crippen molar-refractivity contribution in [3.63, 3.8) is 0 Å². The highest BCUT2D eigenvalue weighted by Gasteiger charge is 2.32. The van der Waals surface area contributed by atoms with Gasteiger partial charge in [0.15, 0.2) is 0 Å². The normalized spacial score (nSPS) is 29.0. The van der Waals surface area contributed by atoms with Crippen molar-refractivity contribution in [3.05, 3.63) is 24.2 Å². The van der Waals surface area contributed by atoms with E-state index in [9.17, 15) is 4.79 Å². The number of amides is 2. The molecule has 6 nitrogen and oxygen atoms in total. The molecule has 2 saturated heterocycles. The summed E-state index contributed by atoms with van der Waals surface area (Å²) >= 11 is 0. The Labute approximate surface area is 137 Å². The molecule has 0 bridgehead atoms. The maximum atomic E-state index is 12.5. The molecule has 0 unspecified atom stereocenters. The lowest BCUT2D eigenvalue weighted by molar-refractivity contribution is -0.0713. The summed E-state index contributed by atoms with van der Waals surface area (Å²) in [6, 6.07) is 4.02. The first-order chi connectivity index (χ1) is 11.1. The van der Waals surface area contributed by atoms with E-state index < -0.39 is 0 Å². The van der Waals surface area contributed by atoms with E-state index in [-0.39, 0.29) is 18.2 Å². The third-order valence-corrected chi connectivity index (χ3v) is 4.60. The van der Waals surface area contributed by atoms with Crippen LogP contribution in [0.15, 0.2) is 22.8 Å². The van der Waals surface area contributed by atoms with Crippen LogP contribution in [0.1, 0.15) is 32.4 Å². The van der Waals surface area contributed by atoms with E-state index >= 15 is 0 Å². The zero-order valence-corrected chi connectivity index (χ0v) is 14.0. The monoisotopic (exact) mass is 321 g/mol. The van der Waals surface area contributed by atoms with Crippen LogP contribution in [0.4, 0.5) is 4.79 Å². The summed E-state index contributed by atoms with van der Waals surface area (Å²) in [4.78, 5) is 16.9. The molecule has 2 fully saturated rings. The number of nitrogens with one attached hydrogen (secondary N) is 1. The van der Waals surface area contributed by atoms with E-state index in [2.05, 4.69) is 24.1 Å². The minimum Gasteiger partial charge on any atom is -0.467 e. The van der Waals surface area contributed by atoms with Crippen molar-refractivity contribution in [2.24, 2.45) is 0 Å². The molecule has 3 heterocycles. The van der Waals surface area contributed by atoms with Gasteiger partial charge in [0.1, 0.15) is 5.76 Å². The zero-order valence-electron chi connectivity index (χ0n) is 14.0. The summed E-state index contributed by atoms with van der Waals surface area (Å²) in [7, 11) is 0. The van der Waals surface area contributed by atoms with Crippen LogP contribution >= 0.6 is 0 Å². The Morgan fingerprint density at radius 2 is 2.13 bits per heavy atom. The van der Waals surface area contributed by atoms with Gasteiger partial charge in [-0.05, 0) is 38.8 Å². The molecule has 2 amide bonds. The molecule has 0 spiro atoms. The van der Waals surface area contributed by atoms with E-state index in [1.54, 1.807) is 6.26 Å². The Bertz CT molecular complexity index is 495. The van der Waals surface area contributed by atoms with Crippen molar-refractivity contribution in [1.29, 1.82) is 0 Å². The molecule has 3 atom stereocenters. The number of ether oxygens (including phenoxy) is 1. The van der Waals surface area contributed by atoms with Crippen LogP contribution in [0.3, 0.4) is 0 Å².